The summed E-state index contributed by atoms with van der Waals surface area (Å²) in [4.78, 5) is 18.4. The molecule has 5 heteroatoms. The first-order chi connectivity index (χ1) is 12.1. The van der Waals surface area contributed by atoms with Gasteiger partial charge in [-0.1, -0.05) is 18.9 Å². The molecular weight excluding hydrogens is 330 g/mol. The number of nitrogens with zero attached hydrogens (tertiary/aromatic N) is 1. The van der Waals surface area contributed by atoms with Gasteiger partial charge in [-0.2, -0.15) is 0 Å². The van der Waals surface area contributed by atoms with E-state index in [9.17, 15) is 4.79 Å². The van der Waals surface area contributed by atoms with Crippen molar-refractivity contribution in [1.29, 1.82) is 0 Å². The molecule has 4 rings (SSSR count). The number of rotatable bonds is 3. The van der Waals surface area contributed by atoms with Crippen molar-refractivity contribution >= 4 is 22.9 Å². The third kappa shape index (κ3) is 3.30. The van der Waals surface area contributed by atoms with Crippen molar-refractivity contribution in [3.8, 4) is 0 Å². The Morgan fingerprint density at radius 1 is 1.24 bits per heavy atom. The van der Waals surface area contributed by atoms with Crippen LogP contribution in [0, 0.1) is 6.92 Å². The number of nitrogen functional groups attached to an aromatic ring is 1. The summed E-state index contributed by atoms with van der Waals surface area (Å²) in [6, 6.07) is 6.12. The van der Waals surface area contributed by atoms with Crippen molar-refractivity contribution < 1.29 is 4.79 Å². The van der Waals surface area contributed by atoms with Gasteiger partial charge in [-0.3, -0.25) is 4.79 Å². The standard InChI is InChI=1S/C20H25N3OS/c1-12-18(25-20(22-12)13-5-2-3-6-13)19(24)23-17-8-4-7-14-11-15(21)9-10-16(14)17/h9-11,13,17H,2-8,21H2,1H3,(H,23,24). The smallest absolute Gasteiger partial charge is 0.263 e. The van der Waals surface area contributed by atoms with Gasteiger partial charge in [0.15, 0.2) is 0 Å². The minimum atomic E-state index is 0.0221. The van der Waals surface area contributed by atoms with Crippen molar-refractivity contribution in [2.75, 3.05) is 5.73 Å². The minimum absolute atomic E-state index is 0.0221. The van der Waals surface area contributed by atoms with Gasteiger partial charge in [0, 0.05) is 11.6 Å². The van der Waals surface area contributed by atoms with Gasteiger partial charge < -0.3 is 11.1 Å². The summed E-state index contributed by atoms with van der Waals surface area (Å²) in [5.74, 6) is 0.581. The van der Waals surface area contributed by atoms with E-state index in [-0.39, 0.29) is 11.9 Å². The first-order valence-corrected chi connectivity index (χ1v) is 10.1. The van der Waals surface area contributed by atoms with E-state index >= 15 is 0 Å². The molecule has 0 saturated heterocycles. The van der Waals surface area contributed by atoms with E-state index in [0.29, 0.717) is 5.92 Å². The van der Waals surface area contributed by atoms with E-state index < -0.39 is 0 Å². The number of nitrogens with two attached hydrogens (primary N) is 1. The third-order valence-electron chi connectivity index (χ3n) is 5.51. The lowest BCUT2D eigenvalue weighted by Gasteiger charge is -2.26. The molecule has 0 spiro atoms. The number of anilines is 1. The van der Waals surface area contributed by atoms with Gasteiger partial charge in [-0.15, -0.1) is 11.3 Å². The Morgan fingerprint density at radius 2 is 2.04 bits per heavy atom. The van der Waals surface area contributed by atoms with Gasteiger partial charge in [0.25, 0.3) is 5.91 Å². The first kappa shape index (κ1) is 16.6. The number of amides is 1. The van der Waals surface area contributed by atoms with Gasteiger partial charge in [-0.05, 0) is 62.3 Å². The molecule has 132 valence electrons. The number of hydrogen-bond acceptors (Lipinski definition) is 4. The molecule has 1 saturated carbocycles. The molecule has 1 unspecified atom stereocenters. The maximum absolute atomic E-state index is 12.9. The quantitative estimate of drug-likeness (QED) is 0.797. The molecule has 25 heavy (non-hydrogen) atoms. The van der Waals surface area contributed by atoms with Crippen LogP contribution in [-0.4, -0.2) is 10.9 Å². The van der Waals surface area contributed by atoms with E-state index in [1.165, 1.54) is 36.8 Å². The fourth-order valence-electron chi connectivity index (χ4n) is 4.18. The van der Waals surface area contributed by atoms with Crippen molar-refractivity contribution in [3.05, 3.63) is 44.9 Å². The van der Waals surface area contributed by atoms with Crippen LogP contribution in [0.2, 0.25) is 0 Å². The second-order valence-electron chi connectivity index (χ2n) is 7.32. The molecule has 2 aliphatic rings. The number of aromatic nitrogens is 1. The van der Waals surface area contributed by atoms with Crippen LogP contribution in [0.1, 0.15) is 82.0 Å². The molecule has 1 heterocycles. The predicted molar refractivity (Wildman–Crippen MR) is 102 cm³/mol. The van der Waals surface area contributed by atoms with Crippen LogP contribution in [0.3, 0.4) is 0 Å². The van der Waals surface area contributed by atoms with Crippen LogP contribution in [-0.2, 0) is 6.42 Å². The predicted octanol–water partition coefficient (Wildman–Crippen LogP) is 4.50. The topological polar surface area (TPSA) is 68.0 Å². The Bertz CT molecular complexity index is 792. The zero-order chi connectivity index (χ0) is 17.4. The molecule has 0 radical (unpaired) electrons. The number of carbonyl (C=O) groups is 1. The van der Waals surface area contributed by atoms with E-state index in [2.05, 4.69) is 11.4 Å². The normalized spacial score (nSPS) is 20.4. The van der Waals surface area contributed by atoms with Gasteiger partial charge in [-0.25, -0.2) is 4.98 Å². The second kappa shape index (κ2) is 6.79. The van der Waals surface area contributed by atoms with Crippen LogP contribution < -0.4 is 11.1 Å². The van der Waals surface area contributed by atoms with E-state index in [1.807, 2.05) is 19.1 Å². The molecule has 3 N–H and O–H groups in total. The van der Waals surface area contributed by atoms with Gasteiger partial charge in [0.1, 0.15) is 4.88 Å². The maximum Gasteiger partial charge on any atom is 0.263 e. The molecule has 4 nitrogen and oxygen atoms in total. The SMILES string of the molecule is Cc1nc(C2CCCC2)sc1C(=O)NC1CCCc2cc(N)ccc21. The second-order valence-corrected chi connectivity index (χ2v) is 8.36. The Morgan fingerprint density at radius 3 is 2.84 bits per heavy atom. The summed E-state index contributed by atoms with van der Waals surface area (Å²) in [6.45, 7) is 1.96. The van der Waals surface area contributed by atoms with Crippen molar-refractivity contribution in [1.82, 2.24) is 10.3 Å². The number of thiazole rings is 1. The van der Waals surface area contributed by atoms with E-state index in [1.54, 1.807) is 11.3 Å². The van der Waals surface area contributed by atoms with E-state index in [0.717, 1.165) is 40.5 Å². The molecule has 1 atom stereocenters. The molecule has 2 aromatic rings. The summed E-state index contributed by atoms with van der Waals surface area (Å²) < 4.78 is 0. The molecule has 0 aliphatic heterocycles. The highest BCUT2D eigenvalue weighted by atomic mass is 32.1. The van der Waals surface area contributed by atoms with Crippen LogP contribution >= 0.6 is 11.3 Å². The lowest BCUT2D eigenvalue weighted by molar-refractivity contribution is 0.0936. The summed E-state index contributed by atoms with van der Waals surface area (Å²) >= 11 is 1.59. The Kier molecular flexibility index (Phi) is 4.50. The Labute approximate surface area is 152 Å². The lowest BCUT2D eigenvalue weighted by Crippen LogP contribution is -2.30. The highest BCUT2D eigenvalue weighted by Gasteiger charge is 2.26. The van der Waals surface area contributed by atoms with Gasteiger partial charge >= 0.3 is 0 Å². The van der Waals surface area contributed by atoms with Gasteiger partial charge in [0.05, 0.1) is 16.7 Å². The zero-order valence-electron chi connectivity index (χ0n) is 14.7. The average molecular weight is 356 g/mol. The summed E-state index contributed by atoms with van der Waals surface area (Å²) in [5.41, 5.74) is 10.1. The highest BCUT2D eigenvalue weighted by Crippen LogP contribution is 2.37. The number of hydrogen-bond donors (Lipinski definition) is 2. The van der Waals surface area contributed by atoms with Gasteiger partial charge in [0.2, 0.25) is 0 Å². The summed E-state index contributed by atoms with van der Waals surface area (Å²) in [6.07, 6.45) is 8.10. The number of aryl methyl sites for hydroxylation is 2. The molecule has 1 aromatic heterocycles. The molecular formula is C20H25N3OS. The first-order valence-electron chi connectivity index (χ1n) is 9.28. The molecule has 0 bridgehead atoms. The molecule has 1 aromatic carbocycles. The third-order valence-corrected chi connectivity index (χ3v) is 6.83. The van der Waals surface area contributed by atoms with Crippen molar-refractivity contribution in [2.45, 2.75) is 63.8 Å². The number of benzene rings is 1. The minimum Gasteiger partial charge on any atom is -0.399 e. The largest absolute Gasteiger partial charge is 0.399 e. The average Bonchev–Trinajstić information content (AvgIpc) is 3.24. The lowest BCUT2D eigenvalue weighted by atomic mass is 9.87. The summed E-state index contributed by atoms with van der Waals surface area (Å²) in [5, 5.41) is 4.40. The fraction of sp³-hybridized carbons (Fsp3) is 0.500. The molecule has 2 aliphatic carbocycles. The van der Waals surface area contributed by atoms with Crippen LogP contribution in [0.15, 0.2) is 18.2 Å². The fourth-order valence-corrected chi connectivity index (χ4v) is 5.32. The molecule has 1 amide bonds. The monoisotopic (exact) mass is 355 g/mol. The van der Waals surface area contributed by atoms with Crippen LogP contribution in [0.25, 0.3) is 0 Å². The number of nitrogens with one attached hydrogen (secondary N) is 1. The van der Waals surface area contributed by atoms with Crippen molar-refractivity contribution in [2.24, 2.45) is 0 Å². The Balaban J connectivity index is 1.53. The Hall–Kier alpha value is -1.88. The number of fused-ring (bicyclic) bond motifs is 1. The number of carbonyl (C=O) groups excluding carboxylic acids is 1. The maximum atomic E-state index is 12.9. The zero-order valence-corrected chi connectivity index (χ0v) is 15.5. The van der Waals surface area contributed by atoms with E-state index in [4.69, 9.17) is 10.7 Å². The highest BCUT2D eigenvalue weighted by molar-refractivity contribution is 7.13. The van der Waals surface area contributed by atoms with Crippen molar-refractivity contribution in [3.63, 3.8) is 0 Å². The summed E-state index contributed by atoms with van der Waals surface area (Å²) in [7, 11) is 0. The molecule has 1 fully saturated rings. The van der Waals surface area contributed by atoms with Crippen LogP contribution in [0.4, 0.5) is 5.69 Å². The van der Waals surface area contributed by atoms with Crippen LogP contribution in [0.5, 0.6) is 0 Å².